The van der Waals surface area contributed by atoms with Gasteiger partial charge < -0.3 is 10.2 Å². The van der Waals surface area contributed by atoms with Crippen LogP contribution in [0.2, 0.25) is 0 Å². The summed E-state index contributed by atoms with van der Waals surface area (Å²) in [5, 5.41) is 3.32. The van der Waals surface area contributed by atoms with Gasteiger partial charge in [-0.05, 0) is 12.1 Å². The Kier molecular flexibility index (Phi) is 3.71. The smallest absolute Gasteiger partial charge is 0.0553 e. The molecular formula is C10H17N3. The van der Waals surface area contributed by atoms with Crippen molar-refractivity contribution in [1.82, 2.24) is 10.3 Å². The number of pyridine rings is 1. The summed E-state index contributed by atoms with van der Waals surface area (Å²) in [5.74, 6) is 0. The molecule has 1 aliphatic rings. The first-order valence-electron chi connectivity index (χ1n) is 4.32. The van der Waals surface area contributed by atoms with E-state index in [-0.39, 0.29) is 7.43 Å². The number of hydrogen-bond donors (Lipinski definition) is 1. The molecule has 2 rings (SSSR count). The number of piperazine rings is 1. The highest BCUT2D eigenvalue weighted by molar-refractivity contribution is 5.43. The fourth-order valence-electron chi connectivity index (χ4n) is 1.46. The van der Waals surface area contributed by atoms with Crippen LogP contribution in [0, 0.1) is 0 Å². The van der Waals surface area contributed by atoms with E-state index in [2.05, 4.69) is 21.3 Å². The molecule has 3 nitrogen and oxygen atoms in total. The minimum absolute atomic E-state index is 0. The molecule has 0 unspecified atom stereocenters. The third kappa shape index (κ3) is 2.42. The molecule has 1 aromatic heterocycles. The average Bonchev–Trinajstić information content (AvgIpc) is 2.21. The zero-order chi connectivity index (χ0) is 8.23. The summed E-state index contributed by atoms with van der Waals surface area (Å²) < 4.78 is 0. The van der Waals surface area contributed by atoms with Crippen molar-refractivity contribution in [1.29, 1.82) is 0 Å². The topological polar surface area (TPSA) is 28.2 Å². The van der Waals surface area contributed by atoms with Gasteiger partial charge in [-0.3, -0.25) is 4.98 Å². The van der Waals surface area contributed by atoms with Crippen molar-refractivity contribution in [2.24, 2.45) is 0 Å². The quantitative estimate of drug-likeness (QED) is 0.700. The van der Waals surface area contributed by atoms with Crippen LogP contribution in [0.3, 0.4) is 0 Å². The van der Waals surface area contributed by atoms with Gasteiger partial charge in [0.25, 0.3) is 0 Å². The van der Waals surface area contributed by atoms with Crippen LogP contribution in [0.4, 0.5) is 5.69 Å². The molecule has 2 heterocycles. The van der Waals surface area contributed by atoms with Gasteiger partial charge in [-0.1, -0.05) is 7.43 Å². The van der Waals surface area contributed by atoms with E-state index in [4.69, 9.17) is 0 Å². The fourth-order valence-corrected chi connectivity index (χ4v) is 1.46. The van der Waals surface area contributed by atoms with E-state index < -0.39 is 0 Å². The zero-order valence-electron chi connectivity index (χ0n) is 7.03. The number of aromatic nitrogens is 1. The van der Waals surface area contributed by atoms with Gasteiger partial charge in [0.05, 0.1) is 11.9 Å². The van der Waals surface area contributed by atoms with E-state index in [1.165, 1.54) is 5.69 Å². The van der Waals surface area contributed by atoms with Gasteiger partial charge in [0.1, 0.15) is 0 Å². The van der Waals surface area contributed by atoms with Gasteiger partial charge in [-0.2, -0.15) is 0 Å². The SMILES string of the molecule is C.c1cncc(N2CCNCC2)c1. The maximum atomic E-state index is 4.10. The van der Waals surface area contributed by atoms with Crippen LogP contribution < -0.4 is 10.2 Å². The van der Waals surface area contributed by atoms with Gasteiger partial charge in [0.15, 0.2) is 0 Å². The summed E-state index contributed by atoms with van der Waals surface area (Å²) in [5.41, 5.74) is 1.24. The maximum absolute atomic E-state index is 4.10. The van der Waals surface area contributed by atoms with Crippen molar-refractivity contribution >= 4 is 5.69 Å². The molecule has 3 heteroatoms. The van der Waals surface area contributed by atoms with Crippen molar-refractivity contribution in [3.8, 4) is 0 Å². The van der Waals surface area contributed by atoms with E-state index >= 15 is 0 Å². The van der Waals surface area contributed by atoms with Crippen molar-refractivity contribution < 1.29 is 0 Å². The number of hydrogen-bond acceptors (Lipinski definition) is 3. The first-order valence-corrected chi connectivity index (χ1v) is 4.32. The fraction of sp³-hybridized carbons (Fsp3) is 0.500. The zero-order valence-corrected chi connectivity index (χ0v) is 7.03. The molecule has 1 N–H and O–H groups in total. The molecule has 13 heavy (non-hydrogen) atoms. The summed E-state index contributed by atoms with van der Waals surface area (Å²) in [7, 11) is 0. The highest BCUT2D eigenvalue weighted by Gasteiger charge is 2.08. The molecule has 0 saturated carbocycles. The highest BCUT2D eigenvalue weighted by Crippen LogP contribution is 2.11. The summed E-state index contributed by atoms with van der Waals surface area (Å²) in [6.45, 7) is 4.33. The van der Waals surface area contributed by atoms with Crippen molar-refractivity contribution in [2.45, 2.75) is 7.43 Å². The van der Waals surface area contributed by atoms with E-state index in [9.17, 15) is 0 Å². The standard InChI is InChI=1S/C9H13N3.CH4/c1-2-9(8-11-3-1)12-6-4-10-5-7-12;/h1-3,8,10H,4-7H2;1H4. The van der Waals surface area contributed by atoms with Crippen LogP contribution in [-0.2, 0) is 0 Å². The van der Waals surface area contributed by atoms with Crippen LogP contribution in [0.1, 0.15) is 7.43 Å². The van der Waals surface area contributed by atoms with Gasteiger partial charge >= 0.3 is 0 Å². The molecule has 1 aromatic rings. The molecule has 0 spiro atoms. The molecule has 0 bridgehead atoms. The Labute approximate surface area is 79.8 Å². The molecular weight excluding hydrogens is 162 g/mol. The Bertz CT molecular complexity index is 229. The predicted octanol–water partition coefficient (Wildman–Crippen LogP) is 1.13. The minimum atomic E-state index is 0. The van der Waals surface area contributed by atoms with Gasteiger partial charge in [-0.15, -0.1) is 0 Å². The van der Waals surface area contributed by atoms with Crippen LogP contribution in [0.25, 0.3) is 0 Å². The van der Waals surface area contributed by atoms with Gasteiger partial charge in [-0.25, -0.2) is 0 Å². The lowest BCUT2D eigenvalue weighted by atomic mass is 10.3. The van der Waals surface area contributed by atoms with Crippen LogP contribution in [0.15, 0.2) is 24.5 Å². The largest absolute Gasteiger partial charge is 0.368 e. The monoisotopic (exact) mass is 179 g/mol. The van der Waals surface area contributed by atoms with E-state index in [1.807, 2.05) is 18.5 Å². The number of nitrogens with zero attached hydrogens (tertiary/aromatic N) is 2. The van der Waals surface area contributed by atoms with Crippen molar-refractivity contribution in [3.63, 3.8) is 0 Å². The number of anilines is 1. The molecule has 0 aromatic carbocycles. The second-order valence-corrected chi connectivity index (χ2v) is 2.95. The van der Waals surface area contributed by atoms with E-state index in [0.29, 0.717) is 0 Å². The minimum Gasteiger partial charge on any atom is -0.368 e. The lowest BCUT2D eigenvalue weighted by Crippen LogP contribution is -2.43. The lowest BCUT2D eigenvalue weighted by molar-refractivity contribution is 0.589. The summed E-state index contributed by atoms with van der Waals surface area (Å²) >= 11 is 0. The van der Waals surface area contributed by atoms with Gasteiger partial charge in [0, 0.05) is 32.4 Å². The first-order chi connectivity index (χ1) is 5.97. The molecule has 72 valence electrons. The molecule has 1 saturated heterocycles. The van der Waals surface area contributed by atoms with E-state index in [0.717, 1.165) is 26.2 Å². The highest BCUT2D eigenvalue weighted by atomic mass is 15.2. The normalized spacial score (nSPS) is 16.5. The van der Waals surface area contributed by atoms with Crippen LogP contribution >= 0.6 is 0 Å². The van der Waals surface area contributed by atoms with E-state index in [1.54, 1.807) is 0 Å². The van der Waals surface area contributed by atoms with Crippen LogP contribution in [-0.4, -0.2) is 31.2 Å². The van der Waals surface area contributed by atoms with Crippen molar-refractivity contribution in [2.75, 3.05) is 31.1 Å². The van der Waals surface area contributed by atoms with Crippen LogP contribution in [0.5, 0.6) is 0 Å². The second kappa shape index (κ2) is 4.82. The Morgan fingerprint density at radius 3 is 2.69 bits per heavy atom. The lowest BCUT2D eigenvalue weighted by Gasteiger charge is -2.28. The molecule has 0 radical (unpaired) electrons. The third-order valence-corrected chi connectivity index (χ3v) is 2.13. The molecule has 0 atom stereocenters. The maximum Gasteiger partial charge on any atom is 0.0553 e. The van der Waals surface area contributed by atoms with Gasteiger partial charge in [0.2, 0.25) is 0 Å². The molecule has 0 aliphatic carbocycles. The molecule has 0 amide bonds. The summed E-state index contributed by atoms with van der Waals surface area (Å²) in [6, 6.07) is 4.09. The Morgan fingerprint density at radius 1 is 1.31 bits per heavy atom. The van der Waals surface area contributed by atoms with Crippen molar-refractivity contribution in [3.05, 3.63) is 24.5 Å². The second-order valence-electron chi connectivity index (χ2n) is 2.95. The predicted molar refractivity (Wildman–Crippen MR) is 56.1 cm³/mol. The summed E-state index contributed by atoms with van der Waals surface area (Å²) in [6.07, 6.45) is 3.73. The summed E-state index contributed by atoms with van der Waals surface area (Å²) in [4.78, 5) is 6.45. The Morgan fingerprint density at radius 2 is 2.08 bits per heavy atom. The third-order valence-electron chi connectivity index (χ3n) is 2.13. The Hall–Kier alpha value is -1.09. The molecule has 1 aliphatic heterocycles. The molecule has 1 fully saturated rings. The average molecular weight is 179 g/mol. The number of nitrogens with one attached hydrogen (secondary N) is 1. The number of rotatable bonds is 1. The first kappa shape index (κ1) is 9.99. The Balaban J connectivity index is 0.000000845.